The summed E-state index contributed by atoms with van der Waals surface area (Å²) < 4.78 is 0. The summed E-state index contributed by atoms with van der Waals surface area (Å²) in [6, 6.07) is 0. The van der Waals surface area contributed by atoms with E-state index in [1.54, 1.807) is 0 Å². The smallest absolute Gasteiger partial charge is 0.0631 e. The van der Waals surface area contributed by atoms with Gasteiger partial charge in [-0.1, -0.05) is 20.3 Å². The van der Waals surface area contributed by atoms with Crippen LogP contribution in [0.1, 0.15) is 34.1 Å². The van der Waals surface area contributed by atoms with Crippen LogP contribution >= 0.6 is 0 Å². The average molecular weight is 172 g/mol. The van der Waals surface area contributed by atoms with Crippen molar-refractivity contribution in [2.75, 3.05) is 6.54 Å². The quantitative estimate of drug-likeness (QED) is 0.378. The van der Waals surface area contributed by atoms with Crippen LogP contribution in [-0.4, -0.2) is 23.5 Å². The summed E-state index contributed by atoms with van der Waals surface area (Å²) in [5.41, 5.74) is -0.210. The van der Waals surface area contributed by atoms with Crippen molar-refractivity contribution in [3.05, 3.63) is 0 Å². The van der Waals surface area contributed by atoms with Gasteiger partial charge >= 0.3 is 0 Å². The monoisotopic (exact) mass is 172 g/mol. The van der Waals surface area contributed by atoms with E-state index in [2.05, 4.69) is 24.3 Å². The lowest BCUT2D eigenvalue weighted by molar-refractivity contribution is 0.314. The highest BCUT2D eigenvalue weighted by molar-refractivity contribution is 5.68. The van der Waals surface area contributed by atoms with E-state index in [0.29, 0.717) is 5.92 Å². The van der Waals surface area contributed by atoms with Gasteiger partial charge in [-0.25, -0.2) is 0 Å². The lowest BCUT2D eigenvalue weighted by atomic mass is 10.0. The molecule has 0 fully saturated rings. The molecule has 1 unspecified atom stereocenters. The van der Waals surface area contributed by atoms with E-state index in [-0.39, 0.29) is 5.54 Å². The molecule has 72 valence electrons. The van der Waals surface area contributed by atoms with Gasteiger partial charge < -0.3 is 10.5 Å². The molecule has 12 heavy (non-hydrogen) atoms. The Morgan fingerprint density at radius 3 is 2.58 bits per heavy atom. The van der Waals surface area contributed by atoms with Crippen LogP contribution in [0.4, 0.5) is 0 Å². The summed E-state index contributed by atoms with van der Waals surface area (Å²) in [4.78, 5) is 0. The third-order valence-corrected chi connectivity index (χ3v) is 1.98. The normalized spacial score (nSPS) is 15.3. The first kappa shape index (κ1) is 11.4. The van der Waals surface area contributed by atoms with Crippen LogP contribution in [0.2, 0.25) is 0 Å². The largest absolute Gasteiger partial charge is 0.411 e. The molecular weight excluding hydrogens is 152 g/mol. The van der Waals surface area contributed by atoms with Gasteiger partial charge in [-0.15, -0.1) is 5.16 Å². The Morgan fingerprint density at radius 2 is 2.17 bits per heavy atom. The molecular formula is C9H20N2O. The van der Waals surface area contributed by atoms with E-state index in [1.165, 1.54) is 12.6 Å². The number of hydrogen-bond donors (Lipinski definition) is 2. The molecule has 3 nitrogen and oxygen atoms in total. The van der Waals surface area contributed by atoms with Crippen LogP contribution in [0.15, 0.2) is 5.16 Å². The van der Waals surface area contributed by atoms with E-state index < -0.39 is 0 Å². The van der Waals surface area contributed by atoms with Gasteiger partial charge in [0.15, 0.2) is 0 Å². The minimum absolute atomic E-state index is 0.210. The van der Waals surface area contributed by atoms with Crippen LogP contribution in [0.25, 0.3) is 0 Å². The molecule has 3 heteroatoms. The van der Waals surface area contributed by atoms with Crippen molar-refractivity contribution in [3.8, 4) is 0 Å². The van der Waals surface area contributed by atoms with Gasteiger partial charge in [-0.2, -0.15) is 0 Å². The van der Waals surface area contributed by atoms with E-state index in [1.807, 2.05) is 13.8 Å². The summed E-state index contributed by atoms with van der Waals surface area (Å²) >= 11 is 0. The van der Waals surface area contributed by atoms with Gasteiger partial charge in [0.05, 0.1) is 11.8 Å². The predicted octanol–water partition coefficient (Wildman–Crippen LogP) is 1.86. The maximum atomic E-state index is 8.35. The summed E-state index contributed by atoms with van der Waals surface area (Å²) in [6.45, 7) is 9.28. The molecule has 0 rings (SSSR count). The summed E-state index contributed by atoms with van der Waals surface area (Å²) in [7, 11) is 0. The first-order chi connectivity index (χ1) is 5.52. The maximum absolute atomic E-state index is 8.35. The van der Waals surface area contributed by atoms with E-state index in [4.69, 9.17) is 5.21 Å². The molecule has 0 aliphatic carbocycles. The second kappa shape index (κ2) is 5.14. The number of nitrogens with zero attached hydrogens (tertiary/aromatic N) is 1. The zero-order valence-corrected chi connectivity index (χ0v) is 8.46. The topological polar surface area (TPSA) is 44.6 Å². The van der Waals surface area contributed by atoms with Gasteiger partial charge in [-0.05, 0) is 26.3 Å². The number of hydrogen-bond acceptors (Lipinski definition) is 3. The van der Waals surface area contributed by atoms with Crippen molar-refractivity contribution in [1.29, 1.82) is 0 Å². The van der Waals surface area contributed by atoms with Crippen molar-refractivity contribution in [2.24, 2.45) is 11.1 Å². The number of nitrogens with one attached hydrogen (secondary N) is 1. The molecule has 0 bridgehead atoms. The highest BCUT2D eigenvalue weighted by Crippen LogP contribution is 2.02. The Kier molecular flexibility index (Phi) is 4.90. The van der Waals surface area contributed by atoms with E-state index in [0.717, 1.165) is 6.54 Å². The predicted molar refractivity (Wildman–Crippen MR) is 51.8 cm³/mol. The van der Waals surface area contributed by atoms with Crippen molar-refractivity contribution >= 4 is 6.21 Å². The van der Waals surface area contributed by atoms with Crippen LogP contribution in [0.5, 0.6) is 0 Å². The Labute approximate surface area is 74.9 Å². The second-order valence-corrected chi connectivity index (χ2v) is 3.86. The van der Waals surface area contributed by atoms with Crippen LogP contribution in [-0.2, 0) is 0 Å². The highest BCUT2D eigenvalue weighted by Gasteiger charge is 2.14. The van der Waals surface area contributed by atoms with Crippen LogP contribution in [0, 0.1) is 5.92 Å². The second-order valence-electron chi connectivity index (χ2n) is 3.86. The molecule has 0 saturated carbocycles. The molecule has 2 N–H and O–H groups in total. The van der Waals surface area contributed by atoms with Crippen LogP contribution in [0.3, 0.4) is 0 Å². The van der Waals surface area contributed by atoms with Crippen molar-refractivity contribution in [3.63, 3.8) is 0 Å². The molecule has 0 aromatic heterocycles. The molecule has 0 amide bonds. The van der Waals surface area contributed by atoms with Gasteiger partial charge in [0.2, 0.25) is 0 Å². The van der Waals surface area contributed by atoms with Crippen molar-refractivity contribution in [1.82, 2.24) is 5.32 Å². The van der Waals surface area contributed by atoms with Crippen LogP contribution < -0.4 is 5.32 Å². The molecule has 0 heterocycles. The average Bonchev–Trinajstić information content (AvgIpc) is 2.00. The third kappa shape index (κ3) is 5.13. The standard InChI is InChI=1S/C9H20N2O/c1-5-8(2)6-10-9(3,4)7-11-12/h7-8,10,12H,5-6H2,1-4H3/b11-7+. The third-order valence-electron chi connectivity index (χ3n) is 1.98. The van der Waals surface area contributed by atoms with Crippen molar-refractivity contribution in [2.45, 2.75) is 39.7 Å². The van der Waals surface area contributed by atoms with E-state index in [9.17, 15) is 0 Å². The van der Waals surface area contributed by atoms with Gasteiger partial charge in [-0.3, -0.25) is 0 Å². The first-order valence-corrected chi connectivity index (χ1v) is 4.45. The molecule has 0 aromatic carbocycles. The van der Waals surface area contributed by atoms with Gasteiger partial charge in [0.1, 0.15) is 0 Å². The molecule has 0 spiro atoms. The maximum Gasteiger partial charge on any atom is 0.0631 e. The zero-order chi connectivity index (χ0) is 9.61. The minimum atomic E-state index is -0.210. The van der Waals surface area contributed by atoms with Gasteiger partial charge in [0.25, 0.3) is 0 Å². The molecule has 0 aliphatic heterocycles. The fourth-order valence-corrected chi connectivity index (χ4v) is 0.772. The zero-order valence-electron chi connectivity index (χ0n) is 8.46. The Morgan fingerprint density at radius 1 is 1.58 bits per heavy atom. The first-order valence-electron chi connectivity index (χ1n) is 4.45. The molecule has 0 aromatic rings. The van der Waals surface area contributed by atoms with Gasteiger partial charge in [0, 0.05) is 0 Å². The van der Waals surface area contributed by atoms with E-state index >= 15 is 0 Å². The fourth-order valence-electron chi connectivity index (χ4n) is 0.772. The molecule has 1 atom stereocenters. The lowest BCUT2D eigenvalue weighted by Gasteiger charge is -2.22. The number of oxime groups is 1. The number of rotatable bonds is 5. The minimum Gasteiger partial charge on any atom is -0.411 e. The van der Waals surface area contributed by atoms with Crippen molar-refractivity contribution < 1.29 is 5.21 Å². The highest BCUT2D eigenvalue weighted by atomic mass is 16.4. The summed E-state index contributed by atoms with van der Waals surface area (Å²) in [5.74, 6) is 0.663. The molecule has 0 saturated heterocycles. The summed E-state index contributed by atoms with van der Waals surface area (Å²) in [5, 5.41) is 14.7. The Balaban J connectivity index is 3.75. The fraction of sp³-hybridized carbons (Fsp3) is 0.889. The summed E-state index contributed by atoms with van der Waals surface area (Å²) in [6.07, 6.45) is 2.68. The Hall–Kier alpha value is -0.570. The Bertz CT molecular complexity index is 143. The SMILES string of the molecule is CCC(C)CNC(C)(C)/C=N/O. The molecule has 0 aliphatic rings. The lowest BCUT2D eigenvalue weighted by Crippen LogP contribution is -2.42. The molecule has 0 radical (unpaired) electrons.